The average Bonchev–Trinajstić information content (AvgIpc) is 3.15. The SMILES string of the molecule is CCOC(=O)N1CCN([C@@H]2CCCN(C(=O)Cn3cnnn3)C2)CC1. The average molecular weight is 351 g/mol. The number of rotatable bonds is 4. The van der Waals surface area contributed by atoms with Gasteiger partial charge in [-0.25, -0.2) is 9.48 Å². The van der Waals surface area contributed by atoms with Gasteiger partial charge in [-0.15, -0.1) is 5.10 Å². The molecular formula is C15H25N7O3. The molecule has 0 aromatic carbocycles. The fraction of sp³-hybridized carbons (Fsp3) is 0.800. The molecule has 3 heterocycles. The molecule has 1 aromatic rings. The number of nitrogens with zero attached hydrogens (tertiary/aromatic N) is 7. The van der Waals surface area contributed by atoms with Crippen molar-refractivity contribution in [2.75, 3.05) is 45.9 Å². The summed E-state index contributed by atoms with van der Waals surface area (Å²) in [5, 5.41) is 10.9. The van der Waals surface area contributed by atoms with Crippen LogP contribution in [0.2, 0.25) is 0 Å². The van der Waals surface area contributed by atoms with Crippen LogP contribution >= 0.6 is 0 Å². The summed E-state index contributed by atoms with van der Waals surface area (Å²) < 4.78 is 6.51. The first kappa shape index (κ1) is 17.6. The quantitative estimate of drug-likeness (QED) is 0.717. The number of tetrazole rings is 1. The van der Waals surface area contributed by atoms with E-state index in [1.54, 1.807) is 4.90 Å². The predicted octanol–water partition coefficient (Wildman–Crippen LogP) is -0.562. The molecule has 138 valence electrons. The van der Waals surface area contributed by atoms with E-state index in [4.69, 9.17) is 4.74 Å². The lowest BCUT2D eigenvalue weighted by molar-refractivity contribution is -0.134. The lowest BCUT2D eigenvalue weighted by atomic mass is 10.0. The maximum atomic E-state index is 12.4. The Morgan fingerprint density at radius 1 is 1.16 bits per heavy atom. The first-order chi connectivity index (χ1) is 12.2. The van der Waals surface area contributed by atoms with E-state index in [1.165, 1.54) is 11.0 Å². The topological polar surface area (TPSA) is 96.7 Å². The van der Waals surface area contributed by atoms with Crippen molar-refractivity contribution in [3.8, 4) is 0 Å². The zero-order valence-electron chi connectivity index (χ0n) is 14.6. The van der Waals surface area contributed by atoms with Gasteiger partial charge in [0.15, 0.2) is 0 Å². The number of hydrogen-bond donors (Lipinski definition) is 0. The van der Waals surface area contributed by atoms with Gasteiger partial charge in [0.05, 0.1) is 6.61 Å². The molecule has 0 saturated carbocycles. The highest BCUT2D eigenvalue weighted by molar-refractivity contribution is 5.76. The van der Waals surface area contributed by atoms with Gasteiger partial charge >= 0.3 is 6.09 Å². The van der Waals surface area contributed by atoms with Crippen molar-refractivity contribution < 1.29 is 14.3 Å². The first-order valence-electron chi connectivity index (χ1n) is 8.81. The molecule has 10 heteroatoms. The second kappa shape index (κ2) is 8.24. The van der Waals surface area contributed by atoms with E-state index in [0.717, 1.165) is 39.0 Å². The third kappa shape index (κ3) is 4.44. The van der Waals surface area contributed by atoms with E-state index < -0.39 is 0 Å². The Bertz CT molecular complexity index is 572. The van der Waals surface area contributed by atoms with Crippen LogP contribution in [0, 0.1) is 0 Å². The molecule has 25 heavy (non-hydrogen) atoms. The minimum atomic E-state index is -0.232. The van der Waals surface area contributed by atoms with Crippen molar-refractivity contribution in [3.63, 3.8) is 0 Å². The van der Waals surface area contributed by atoms with E-state index in [-0.39, 0.29) is 18.5 Å². The van der Waals surface area contributed by atoms with Crippen molar-refractivity contribution in [2.45, 2.75) is 32.4 Å². The highest BCUT2D eigenvalue weighted by Gasteiger charge is 2.31. The Kier molecular flexibility index (Phi) is 5.79. The van der Waals surface area contributed by atoms with Gasteiger partial charge in [-0.05, 0) is 30.2 Å². The number of aromatic nitrogens is 4. The van der Waals surface area contributed by atoms with Crippen LogP contribution in [0.1, 0.15) is 19.8 Å². The molecule has 3 rings (SSSR count). The van der Waals surface area contributed by atoms with Gasteiger partial charge in [-0.1, -0.05) is 0 Å². The highest BCUT2D eigenvalue weighted by Crippen LogP contribution is 2.18. The van der Waals surface area contributed by atoms with Crippen LogP contribution in [0.15, 0.2) is 6.33 Å². The number of likely N-dealkylation sites (tertiary alicyclic amines) is 1. The normalized spacial score (nSPS) is 22.0. The van der Waals surface area contributed by atoms with Crippen LogP contribution in [0.3, 0.4) is 0 Å². The Morgan fingerprint density at radius 3 is 2.64 bits per heavy atom. The molecule has 0 aliphatic carbocycles. The summed E-state index contributed by atoms with van der Waals surface area (Å²) in [6.07, 6.45) is 3.29. The minimum Gasteiger partial charge on any atom is -0.450 e. The number of amides is 2. The largest absolute Gasteiger partial charge is 0.450 e. The number of piperidine rings is 1. The van der Waals surface area contributed by atoms with Crippen molar-refractivity contribution in [2.24, 2.45) is 0 Å². The summed E-state index contributed by atoms with van der Waals surface area (Å²) in [7, 11) is 0. The fourth-order valence-corrected chi connectivity index (χ4v) is 3.46. The molecule has 0 radical (unpaired) electrons. The zero-order chi connectivity index (χ0) is 17.6. The monoisotopic (exact) mass is 351 g/mol. The number of ether oxygens (including phenoxy) is 1. The van der Waals surface area contributed by atoms with E-state index in [2.05, 4.69) is 20.4 Å². The molecule has 1 atom stereocenters. The van der Waals surface area contributed by atoms with E-state index in [1.807, 2.05) is 11.8 Å². The van der Waals surface area contributed by atoms with Gasteiger partial charge < -0.3 is 14.5 Å². The molecule has 2 saturated heterocycles. The molecule has 0 N–H and O–H groups in total. The first-order valence-corrected chi connectivity index (χ1v) is 8.81. The highest BCUT2D eigenvalue weighted by atomic mass is 16.6. The van der Waals surface area contributed by atoms with Gasteiger partial charge in [0.25, 0.3) is 0 Å². The number of carbonyl (C=O) groups excluding carboxylic acids is 2. The molecule has 2 aliphatic heterocycles. The fourth-order valence-electron chi connectivity index (χ4n) is 3.46. The molecule has 2 aliphatic rings. The van der Waals surface area contributed by atoms with Crippen molar-refractivity contribution in [3.05, 3.63) is 6.33 Å². The van der Waals surface area contributed by atoms with Crippen molar-refractivity contribution in [1.29, 1.82) is 0 Å². The van der Waals surface area contributed by atoms with Crippen LogP contribution < -0.4 is 0 Å². The zero-order valence-corrected chi connectivity index (χ0v) is 14.6. The van der Waals surface area contributed by atoms with Crippen LogP contribution in [0.4, 0.5) is 4.79 Å². The van der Waals surface area contributed by atoms with Crippen LogP contribution in [0.5, 0.6) is 0 Å². The molecule has 0 unspecified atom stereocenters. The molecule has 2 fully saturated rings. The summed E-state index contributed by atoms with van der Waals surface area (Å²) in [4.78, 5) is 30.2. The standard InChI is InChI=1S/C15H25N7O3/c1-2-25-15(24)20-8-6-19(7-9-20)13-4-3-5-21(10-13)14(23)11-22-12-16-17-18-22/h12-13H,2-11H2,1H3/t13-/m1/s1. The number of carbonyl (C=O) groups is 2. The van der Waals surface area contributed by atoms with Gasteiger partial charge in [0.2, 0.25) is 5.91 Å². The van der Waals surface area contributed by atoms with E-state index in [9.17, 15) is 9.59 Å². The van der Waals surface area contributed by atoms with Crippen LogP contribution in [-0.2, 0) is 16.1 Å². The van der Waals surface area contributed by atoms with E-state index >= 15 is 0 Å². The number of hydrogen-bond acceptors (Lipinski definition) is 7. The predicted molar refractivity (Wildman–Crippen MR) is 87.6 cm³/mol. The molecule has 2 amide bonds. The Morgan fingerprint density at radius 2 is 1.96 bits per heavy atom. The van der Waals surface area contributed by atoms with Crippen molar-refractivity contribution >= 4 is 12.0 Å². The maximum Gasteiger partial charge on any atom is 0.409 e. The van der Waals surface area contributed by atoms with Gasteiger partial charge in [0, 0.05) is 45.3 Å². The summed E-state index contributed by atoms with van der Waals surface area (Å²) in [6, 6.07) is 0.343. The molecule has 10 nitrogen and oxygen atoms in total. The molecule has 0 bridgehead atoms. The van der Waals surface area contributed by atoms with Crippen LogP contribution in [-0.4, -0.2) is 98.8 Å². The summed E-state index contributed by atoms with van der Waals surface area (Å²) >= 11 is 0. The van der Waals surface area contributed by atoms with Gasteiger partial charge in [0.1, 0.15) is 12.9 Å². The molecule has 0 spiro atoms. The summed E-state index contributed by atoms with van der Waals surface area (Å²) in [6.45, 7) is 6.88. The smallest absolute Gasteiger partial charge is 0.409 e. The second-order valence-corrected chi connectivity index (χ2v) is 6.37. The molecular weight excluding hydrogens is 326 g/mol. The Balaban J connectivity index is 1.48. The van der Waals surface area contributed by atoms with Gasteiger partial charge in [-0.2, -0.15) is 0 Å². The minimum absolute atomic E-state index is 0.0437. The maximum absolute atomic E-state index is 12.4. The Hall–Kier alpha value is -2.23. The van der Waals surface area contributed by atoms with Crippen LogP contribution in [0.25, 0.3) is 0 Å². The van der Waals surface area contributed by atoms with Gasteiger partial charge in [-0.3, -0.25) is 9.69 Å². The second-order valence-electron chi connectivity index (χ2n) is 6.37. The lowest BCUT2D eigenvalue weighted by Gasteiger charge is -2.43. The third-order valence-corrected chi connectivity index (χ3v) is 4.79. The number of piperazine rings is 1. The van der Waals surface area contributed by atoms with E-state index in [0.29, 0.717) is 25.7 Å². The lowest BCUT2D eigenvalue weighted by Crippen LogP contribution is -2.56. The third-order valence-electron chi connectivity index (χ3n) is 4.79. The summed E-state index contributed by atoms with van der Waals surface area (Å²) in [5.41, 5.74) is 0. The molecule has 1 aromatic heterocycles. The van der Waals surface area contributed by atoms with Crippen molar-refractivity contribution in [1.82, 2.24) is 34.9 Å². The Labute approximate surface area is 146 Å². The summed E-state index contributed by atoms with van der Waals surface area (Å²) in [5.74, 6) is 0.0437.